The second kappa shape index (κ2) is 5.80. The number of aromatic hydroxyl groups is 1. The Balaban J connectivity index is 2.08. The van der Waals surface area contributed by atoms with Crippen LogP contribution >= 0.6 is 0 Å². The van der Waals surface area contributed by atoms with Crippen LogP contribution in [-0.2, 0) is 10.0 Å². The van der Waals surface area contributed by atoms with Gasteiger partial charge in [0.1, 0.15) is 5.75 Å². The smallest absolute Gasteiger partial charge is 0.257 e. The molecule has 0 fully saturated rings. The van der Waals surface area contributed by atoms with E-state index in [-0.39, 0.29) is 11.3 Å². The van der Waals surface area contributed by atoms with Crippen molar-refractivity contribution in [2.45, 2.75) is 0 Å². The van der Waals surface area contributed by atoms with Crippen molar-refractivity contribution in [3.8, 4) is 5.75 Å². The summed E-state index contributed by atoms with van der Waals surface area (Å²) >= 11 is 0. The molecular formula is C13H13N3O4S. The highest BCUT2D eigenvalue weighted by atomic mass is 32.2. The van der Waals surface area contributed by atoms with Crippen molar-refractivity contribution in [2.24, 2.45) is 0 Å². The molecule has 0 saturated heterocycles. The fourth-order valence-electron chi connectivity index (χ4n) is 1.59. The number of carbonyl (C=O) groups excluding carboxylic acids is 1. The summed E-state index contributed by atoms with van der Waals surface area (Å²) in [5, 5.41) is 11.9. The maximum atomic E-state index is 11.9. The molecule has 0 atom stereocenters. The van der Waals surface area contributed by atoms with E-state index < -0.39 is 15.9 Å². The zero-order valence-corrected chi connectivity index (χ0v) is 11.9. The lowest BCUT2D eigenvalue weighted by Gasteiger charge is -2.07. The summed E-state index contributed by atoms with van der Waals surface area (Å²) in [7, 11) is -3.33. The van der Waals surface area contributed by atoms with Crippen molar-refractivity contribution in [3.63, 3.8) is 0 Å². The van der Waals surface area contributed by atoms with Crippen LogP contribution in [0.1, 0.15) is 10.4 Å². The van der Waals surface area contributed by atoms with Crippen LogP contribution in [0.25, 0.3) is 0 Å². The normalized spacial score (nSPS) is 10.9. The zero-order chi connectivity index (χ0) is 15.5. The van der Waals surface area contributed by atoms with E-state index in [4.69, 9.17) is 0 Å². The highest BCUT2D eigenvalue weighted by Gasteiger charge is 2.08. The van der Waals surface area contributed by atoms with E-state index in [1.165, 1.54) is 30.6 Å². The minimum atomic E-state index is -3.33. The SMILES string of the molecule is CS(=O)(=O)Nc1ccc(NC(=O)c2cncc(O)c2)cc1. The summed E-state index contributed by atoms with van der Waals surface area (Å²) in [6.45, 7) is 0. The molecule has 110 valence electrons. The molecule has 3 N–H and O–H groups in total. The fraction of sp³-hybridized carbons (Fsp3) is 0.0769. The molecule has 21 heavy (non-hydrogen) atoms. The summed E-state index contributed by atoms with van der Waals surface area (Å²) < 4.78 is 24.5. The number of hydrogen-bond acceptors (Lipinski definition) is 5. The van der Waals surface area contributed by atoms with E-state index in [1.807, 2.05) is 0 Å². The number of anilines is 2. The van der Waals surface area contributed by atoms with Crippen molar-refractivity contribution in [1.82, 2.24) is 4.98 Å². The molecular weight excluding hydrogens is 294 g/mol. The molecule has 0 aliphatic rings. The predicted molar refractivity (Wildman–Crippen MR) is 78.8 cm³/mol. The summed E-state index contributed by atoms with van der Waals surface area (Å²) in [6, 6.07) is 7.46. The molecule has 0 aliphatic heterocycles. The third-order valence-corrected chi connectivity index (χ3v) is 3.04. The Morgan fingerprint density at radius 2 is 1.76 bits per heavy atom. The number of carbonyl (C=O) groups is 1. The lowest BCUT2D eigenvalue weighted by molar-refractivity contribution is 0.102. The van der Waals surface area contributed by atoms with E-state index in [0.29, 0.717) is 11.4 Å². The molecule has 0 unspecified atom stereocenters. The molecule has 1 heterocycles. The molecule has 7 nitrogen and oxygen atoms in total. The van der Waals surface area contributed by atoms with Crippen LogP contribution in [0.2, 0.25) is 0 Å². The van der Waals surface area contributed by atoms with Crippen LogP contribution in [0, 0.1) is 0 Å². The summed E-state index contributed by atoms with van der Waals surface area (Å²) in [4.78, 5) is 15.6. The van der Waals surface area contributed by atoms with Gasteiger partial charge in [0.15, 0.2) is 0 Å². The van der Waals surface area contributed by atoms with Gasteiger partial charge in [-0.05, 0) is 30.3 Å². The van der Waals surface area contributed by atoms with E-state index in [2.05, 4.69) is 15.0 Å². The summed E-state index contributed by atoms with van der Waals surface area (Å²) in [6.07, 6.45) is 3.61. The molecule has 0 spiro atoms. The fourth-order valence-corrected chi connectivity index (χ4v) is 2.16. The molecule has 1 aromatic heterocycles. The van der Waals surface area contributed by atoms with E-state index in [9.17, 15) is 18.3 Å². The van der Waals surface area contributed by atoms with Gasteiger partial charge in [0.2, 0.25) is 10.0 Å². The quantitative estimate of drug-likeness (QED) is 0.791. The Hall–Kier alpha value is -2.61. The monoisotopic (exact) mass is 307 g/mol. The minimum Gasteiger partial charge on any atom is -0.506 e. The first-order chi connectivity index (χ1) is 9.83. The van der Waals surface area contributed by atoms with Crippen molar-refractivity contribution < 1.29 is 18.3 Å². The predicted octanol–water partition coefficient (Wildman–Crippen LogP) is 1.41. The first-order valence-electron chi connectivity index (χ1n) is 5.87. The Morgan fingerprint density at radius 3 is 2.33 bits per heavy atom. The molecule has 0 radical (unpaired) electrons. The number of pyridine rings is 1. The Bertz CT molecular complexity index is 757. The number of amides is 1. The second-order valence-electron chi connectivity index (χ2n) is 4.34. The standard InChI is InChI=1S/C13H13N3O4S/c1-21(19,20)16-11-4-2-10(3-5-11)15-13(18)9-6-12(17)8-14-7-9/h2-8,16-17H,1H3,(H,15,18). The van der Waals surface area contributed by atoms with Crippen molar-refractivity contribution >= 4 is 27.3 Å². The van der Waals surface area contributed by atoms with Gasteiger partial charge >= 0.3 is 0 Å². The van der Waals surface area contributed by atoms with Crippen LogP contribution < -0.4 is 10.0 Å². The van der Waals surface area contributed by atoms with Gasteiger partial charge in [-0.15, -0.1) is 0 Å². The lowest BCUT2D eigenvalue weighted by atomic mass is 10.2. The molecule has 0 saturated carbocycles. The third kappa shape index (κ3) is 4.46. The maximum Gasteiger partial charge on any atom is 0.257 e. The van der Waals surface area contributed by atoms with Gasteiger partial charge in [0, 0.05) is 17.6 Å². The average molecular weight is 307 g/mol. The van der Waals surface area contributed by atoms with E-state index in [1.54, 1.807) is 12.1 Å². The highest BCUT2D eigenvalue weighted by Crippen LogP contribution is 2.16. The van der Waals surface area contributed by atoms with Crippen molar-refractivity contribution in [1.29, 1.82) is 0 Å². The van der Waals surface area contributed by atoms with Crippen LogP contribution in [0.15, 0.2) is 42.7 Å². The largest absolute Gasteiger partial charge is 0.506 e. The van der Waals surface area contributed by atoms with Gasteiger partial charge in [0.25, 0.3) is 5.91 Å². The number of rotatable bonds is 4. The zero-order valence-electron chi connectivity index (χ0n) is 11.1. The van der Waals surface area contributed by atoms with Crippen LogP contribution in [0.5, 0.6) is 5.75 Å². The Kier molecular flexibility index (Phi) is 4.08. The minimum absolute atomic E-state index is 0.102. The van der Waals surface area contributed by atoms with Gasteiger partial charge < -0.3 is 10.4 Å². The molecule has 0 aliphatic carbocycles. The summed E-state index contributed by atoms with van der Waals surface area (Å²) in [5.41, 5.74) is 1.10. The van der Waals surface area contributed by atoms with Gasteiger partial charge in [-0.25, -0.2) is 8.42 Å². The molecule has 1 amide bonds. The number of nitrogens with one attached hydrogen (secondary N) is 2. The number of sulfonamides is 1. The average Bonchev–Trinajstić information content (AvgIpc) is 2.39. The van der Waals surface area contributed by atoms with Gasteiger partial charge in [0.05, 0.1) is 18.0 Å². The third-order valence-electron chi connectivity index (χ3n) is 2.43. The molecule has 1 aromatic carbocycles. The summed E-state index contributed by atoms with van der Waals surface area (Å²) in [5.74, 6) is -0.530. The van der Waals surface area contributed by atoms with Crippen LogP contribution in [-0.4, -0.2) is 30.7 Å². The number of hydrogen-bond donors (Lipinski definition) is 3. The topological polar surface area (TPSA) is 108 Å². The Morgan fingerprint density at radius 1 is 1.14 bits per heavy atom. The molecule has 2 aromatic rings. The number of benzene rings is 1. The lowest BCUT2D eigenvalue weighted by Crippen LogP contribution is -2.12. The van der Waals surface area contributed by atoms with Gasteiger partial charge in [-0.1, -0.05) is 0 Å². The highest BCUT2D eigenvalue weighted by molar-refractivity contribution is 7.92. The van der Waals surface area contributed by atoms with E-state index in [0.717, 1.165) is 6.26 Å². The first-order valence-corrected chi connectivity index (χ1v) is 7.76. The van der Waals surface area contributed by atoms with Gasteiger partial charge in [-0.2, -0.15) is 0 Å². The maximum absolute atomic E-state index is 11.9. The molecule has 0 bridgehead atoms. The van der Waals surface area contributed by atoms with Crippen molar-refractivity contribution in [2.75, 3.05) is 16.3 Å². The molecule has 2 rings (SSSR count). The van der Waals surface area contributed by atoms with Crippen LogP contribution in [0.3, 0.4) is 0 Å². The molecule has 8 heteroatoms. The Labute approximate surface area is 121 Å². The van der Waals surface area contributed by atoms with Crippen LogP contribution in [0.4, 0.5) is 11.4 Å². The number of nitrogens with zero attached hydrogens (tertiary/aromatic N) is 1. The second-order valence-corrected chi connectivity index (χ2v) is 6.09. The first kappa shape index (κ1) is 14.8. The van der Waals surface area contributed by atoms with Gasteiger partial charge in [-0.3, -0.25) is 14.5 Å². The number of aromatic nitrogens is 1. The van der Waals surface area contributed by atoms with E-state index >= 15 is 0 Å². The van der Waals surface area contributed by atoms with Crippen molar-refractivity contribution in [3.05, 3.63) is 48.3 Å².